The third-order valence-electron chi connectivity index (χ3n) is 4.64. The molecular weight excluding hydrogens is 218 g/mol. The lowest BCUT2D eigenvalue weighted by atomic mass is 9.71. The standard InChI is InChI=1S/C17H35N/c1-6-18-16(10-9-14(2)3)17(13-15(4)5)11-7-8-12-17/h14-16,18H,6-13H2,1-5H3. The monoisotopic (exact) mass is 253 g/mol. The van der Waals surface area contributed by atoms with Crippen LogP contribution in [0.25, 0.3) is 0 Å². The molecule has 1 nitrogen and oxygen atoms in total. The van der Waals surface area contributed by atoms with E-state index in [4.69, 9.17) is 0 Å². The van der Waals surface area contributed by atoms with E-state index < -0.39 is 0 Å². The van der Waals surface area contributed by atoms with Crippen LogP contribution in [0.1, 0.15) is 79.6 Å². The van der Waals surface area contributed by atoms with E-state index in [9.17, 15) is 0 Å². The topological polar surface area (TPSA) is 12.0 Å². The average molecular weight is 253 g/mol. The molecule has 1 unspecified atom stereocenters. The van der Waals surface area contributed by atoms with Gasteiger partial charge in [-0.15, -0.1) is 0 Å². The largest absolute Gasteiger partial charge is 0.314 e. The van der Waals surface area contributed by atoms with Crippen molar-refractivity contribution in [3.63, 3.8) is 0 Å². The molecule has 1 heteroatoms. The van der Waals surface area contributed by atoms with Crippen LogP contribution in [0.5, 0.6) is 0 Å². The third-order valence-corrected chi connectivity index (χ3v) is 4.64. The Morgan fingerprint density at radius 2 is 1.56 bits per heavy atom. The quantitative estimate of drug-likeness (QED) is 0.641. The second kappa shape index (κ2) is 7.53. The Bertz CT molecular complexity index is 214. The Labute approximate surface area is 115 Å². The molecule has 0 aromatic heterocycles. The predicted octanol–water partition coefficient (Wildman–Crippen LogP) is 5.01. The smallest absolute Gasteiger partial charge is 0.0124 e. The molecule has 0 amide bonds. The molecule has 0 heterocycles. The second-order valence-corrected chi connectivity index (χ2v) is 7.25. The molecule has 1 N–H and O–H groups in total. The van der Waals surface area contributed by atoms with Crippen molar-refractivity contribution in [3.8, 4) is 0 Å². The molecule has 1 aliphatic rings. The van der Waals surface area contributed by atoms with Crippen LogP contribution < -0.4 is 5.32 Å². The van der Waals surface area contributed by atoms with Gasteiger partial charge in [-0.2, -0.15) is 0 Å². The Balaban J connectivity index is 2.70. The van der Waals surface area contributed by atoms with Crippen molar-refractivity contribution >= 4 is 0 Å². The van der Waals surface area contributed by atoms with Crippen LogP contribution in [0.15, 0.2) is 0 Å². The zero-order valence-corrected chi connectivity index (χ0v) is 13.4. The Morgan fingerprint density at radius 3 is 2.00 bits per heavy atom. The van der Waals surface area contributed by atoms with E-state index in [-0.39, 0.29) is 0 Å². The maximum Gasteiger partial charge on any atom is 0.0124 e. The van der Waals surface area contributed by atoms with Gasteiger partial charge < -0.3 is 5.32 Å². The fourth-order valence-corrected chi connectivity index (χ4v) is 3.96. The van der Waals surface area contributed by atoms with Gasteiger partial charge in [0.05, 0.1) is 0 Å². The van der Waals surface area contributed by atoms with Gasteiger partial charge in [-0.05, 0) is 55.9 Å². The Morgan fingerprint density at radius 1 is 0.944 bits per heavy atom. The maximum atomic E-state index is 3.83. The third kappa shape index (κ3) is 4.57. The summed E-state index contributed by atoms with van der Waals surface area (Å²) in [6, 6.07) is 0.759. The van der Waals surface area contributed by atoms with Gasteiger partial charge in [0.25, 0.3) is 0 Å². The molecule has 108 valence electrons. The molecule has 0 aliphatic heterocycles. The molecule has 0 radical (unpaired) electrons. The summed E-state index contributed by atoms with van der Waals surface area (Å²) in [5, 5.41) is 3.83. The van der Waals surface area contributed by atoms with Crippen LogP contribution in [-0.2, 0) is 0 Å². The van der Waals surface area contributed by atoms with Crippen LogP contribution in [0.4, 0.5) is 0 Å². The van der Waals surface area contributed by atoms with Crippen molar-refractivity contribution in [1.82, 2.24) is 5.32 Å². The van der Waals surface area contributed by atoms with Crippen molar-refractivity contribution in [2.24, 2.45) is 17.3 Å². The van der Waals surface area contributed by atoms with Gasteiger partial charge in [0.2, 0.25) is 0 Å². The minimum absolute atomic E-state index is 0.610. The van der Waals surface area contributed by atoms with Crippen molar-refractivity contribution in [3.05, 3.63) is 0 Å². The number of hydrogen-bond acceptors (Lipinski definition) is 1. The van der Waals surface area contributed by atoms with Gasteiger partial charge in [0.15, 0.2) is 0 Å². The van der Waals surface area contributed by atoms with Gasteiger partial charge in [-0.25, -0.2) is 0 Å². The lowest BCUT2D eigenvalue weighted by Gasteiger charge is -2.40. The lowest BCUT2D eigenvalue weighted by Crippen LogP contribution is -2.44. The Kier molecular flexibility index (Phi) is 6.70. The molecule has 1 aliphatic carbocycles. The zero-order chi connectivity index (χ0) is 13.6. The highest BCUT2D eigenvalue weighted by Crippen LogP contribution is 2.47. The first-order valence-corrected chi connectivity index (χ1v) is 8.23. The van der Waals surface area contributed by atoms with Crippen LogP contribution in [0.3, 0.4) is 0 Å². The summed E-state index contributed by atoms with van der Waals surface area (Å²) in [5.41, 5.74) is 0.610. The molecule has 0 bridgehead atoms. The van der Waals surface area contributed by atoms with Crippen molar-refractivity contribution in [2.45, 2.75) is 85.6 Å². The second-order valence-electron chi connectivity index (χ2n) is 7.25. The van der Waals surface area contributed by atoms with Crippen molar-refractivity contribution in [2.75, 3.05) is 6.54 Å². The lowest BCUT2D eigenvalue weighted by molar-refractivity contribution is 0.144. The fourth-order valence-electron chi connectivity index (χ4n) is 3.96. The fraction of sp³-hybridized carbons (Fsp3) is 1.00. The zero-order valence-electron chi connectivity index (χ0n) is 13.4. The molecule has 1 atom stereocenters. The molecule has 0 spiro atoms. The minimum atomic E-state index is 0.610. The summed E-state index contributed by atoms with van der Waals surface area (Å²) in [6.45, 7) is 12.9. The summed E-state index contributed by atoms with van der Waals surface area (Å²) in [6.07, 6.45) is 9.99. The average Bonchev–Trinajstić information content (AvgIpc) is 2.72. The highest BCUT2D eigenvalue weighted by atomic mass is 14.9. The molecule has 1 fully saturated rings. The molecule has 0 aromatic carbocycles. The van der Waals surface area contributed by atoms with Crippen LogP contribution in [-0.4, -0.2) is 12.6 Å². The first kappa shape index (κ1) is 16.0. The van der Waals surface area contributed by atoms with E-state index in [0.29, 0.717) is 5.41 Å². The van der Waals surface area contributed by atoms with E-state index in [2.05, 4.69) is 39.9 Å². The summed E-state index contributed by atoms with van der Waals surface area (Å²) >= 11 is 0. The minimum Gasteiger partial charge on any atom is -0.314 e. The molecule has 0 saturated heterocycles. The van der Waals surface area contributed by atoms with Crippen LogP contribution >= 0.6 is 0 Å². The summed E-state index contributed by atoms with van der Waals surface area (Å²) in [5.74, 6) is 1.67. The molecule has 1 saturated carbocycles. The molecule has 0 aromatic rings. The van der Waals surface area contributed by atoms with E-state index >= 15 is 0 Å². The summed E-state index contributed by atoms with van der Waals surface area (Å²) in [7, 11) is 0. The van der Waals surface area contributed by atoms with Gasteiger partial charge in [-0.1, -0.05) is 47.5 Å². The molecule has 18 heavy (non-hydrogen) atoms. The normalized spacial score (nSPS) is 20.8. The van der Waals surface area contributed by atoms with Crippen LogP contribution in [0.2, 0.25) is 0 Å². The molecule has 1 rings (SSSR count). The highest BCUT2D eigenvalue weighted by molar-refractivity contribution is 4.95. The number of hydrogen-bond donors (Lipinski definition) is 1. The van der Waals surface area contributed by atoms with Crippen molar-refractivity contribution in [1.29, 1.82) is 0 Å². The van der Waals surface area contributed by atoms with Gasteiger partial charge in [-0.3, -0.25) is 0 Å². The summed E-state index contributed by atoms with van der Waals surface area (Å²) < 4.78 is 0. The summed E-state index contributed by atoms with van der Waals surface area (Å²) in [4.78, 5) is 0. The molecular formula is C17H35N. The van der Waals surface area contributed by atoms with Crippen LogP contribution in [0, 0.1) is 17.3 Å². The maximum absolute atomic E-state index is 3.83. The van der Waals surface area contributed by atoms with Crippen molar-refractivity contribution < 1.29 is 0 Å². The number of nitrogens with one attached hydrogen (secondary N) is 1. The van der Waals surface area contributed by atoms with E-state index in [0.717, 1.165) is 24.4 Å². The first-order chi connectivity index (χ1) is 8.50. The van der Waals surface area contributed by atoms with E-state index in [1.807, 2.05) is 0 Å². The predicted molar refractivity (Wildman–Crippen MR) is 81.9 cm³/mol. The van der Waals surface area contributed by atoms with Gasteiger partial charge >= 0.3 is 0 Å². The SMILES string of the molecule is CCNC(CCC(C)C)C1(CC(C)C)CCCC1. The Hall–Kier alpha value is -0.0400. The van der Waals surface area contributed by atoms with Gasteiger partial charge in [0, 0.05) is 6.04 Å². The highest BCUT2D eigenvalue weighted by Gasteiger charge is 2.40. The number of rotatable bonds is 8. The van der Waals surface area contributed by atoms with E-state index in [1.165, 1.54) is 44.9 Å². The van der Waals surface area contributed by atoms with E-state index in [1.54, 1.807) is 0 Å². The first-order valence-electron chi connectivity index (χ1n) is 8.23. The van der Waals surface area contributed by atoms with Gasteiger partial charge in [0.1, 0.15) is 0 Å².